The van der Waals surface area contributed by atoms with Crippen molar-refractivity contribution in [3.63, 3.8) is 0 Å². The van der Waals surface area contributed by atoms with Gasteiger partial charge in [0.05, 0.1) is 12.7 Å². The quantitative estimate of drug-likeness (QED) is 0.304. The summed E-state index contributed by atoms with van der Waals surface area (Å²) in [7, 11) is -16.6. The van der Waals surface area contributed by atoms with Gasteiger partial charge in [0, 0.05) is 18.7 Å². The largest absolute Gasteiger partial charge is 0.490 e. The normalized spacial score (nSPS) is 29.3. The average molecular weight is 484 g/mol. The number of alkyl halides is 1. The molecule has 1 aromatic heterocycles. The smallest absolute Gasteiger partial charge is 0.349 e. The molecule has 166 valence electrons. The number of halogens is 1. The predicted octanol–water partition coefficient (Wildman–Crippen LogP) is -0.104. The van der Waals surface area contributed by atoms with Gasteiger partial charge in [-0.25, -0.2) is 22.9 Å². The Morgan fingerprint density at radius 3 is 2.41 bits per heavy atom. The van der Waals surface area contributed by atoms with E-state index in [4.69, 9.17) is 19.4 Å². The van der Waals surface area contributed by atoms with Crippen LogP contribution in [-0.2, 0) is 31.6 Å². The Balaban J connectivity index is 2.05. The first-order chi connectivity index (χ1) is 13.0. The summed E-state index contributed by atoms with van der Waals surface area (Å²) in [5.41, 5.74) is -3.89. The summed E-state index contributed by atoms with van der Waals surface area (Å²) < 4.78 is 65.7. The van der Waals surface area contributed by atoms with Crippen LogP contribution in [-0.4, -0.2) is 47.5 Å². The second-order valence-electron chi connectivity index (χ2n) is 6.00. The molecule has 1 aromatic rings. The number of hydrogen-bond donors (Lipinski definition) is 5. The fraction of sp³-hybridized carbons (Fsp3) is 0.600. The second-order valence-corrected chi connectivity index (χ2v) is 10.4. The summed E-state index contributed by atoms with van der Waals surface area (Å²) in [5, 5.41) is 0. The Morgan fingerprint density at radius 1 is 1.24 bits per heavy atom. The molecular weight excluding hydrogens is 468 g/mol. The number of rotatable bonds is 8. The highest BCUT2D eigenvalue weighted by Gasteiger charge is 2.48. The van der Waals surface area contributed by atoms with E-state index in [1.165, 1.54) is 0 Å². The molecule has 0 aromatic carbocycles. The van der Waals surface area contributed by atoms with Gasteiger partial charge < -0.3 is 24.3 Å². The second kappa shape index (κ2) is 8.25. The van der Waals surface area contributed by atoms with Crippen molar-refractivity contribution in [3.05, 3.63) is 33.1 Å². The zero-order valence-electron chi connectivity index (χ0n) is 14.4. The van der Waals surface area contributed by atoms with E-state index < -0.39 is 65.7 Å². The van der Waals surface area contributed by atoms with E-state index >= 15 is 0 Å². The summed E-state index contributed by atoms with van der Waals surface area (Å²) in [6.45, 7) is 0.178. The van der Waals surface area contributed by atoms with Crippen molar-refractivity contribution in [2.45, 2.75) is 31.3 Å². The third-order valence-corrected chi connectivity index (χ3v) is 7.21. The number of nitrogens with one attached hydrogen (secondary N) is 1. The standard InChI is InChI=1S/C10H16FN2O13P3/c1-10(11)4-6(24-8(10)13-3-2-7(14)12-9(13)15)5-23-28(19,20)26-29(21,22)25-27(16,17)18/h2-3,6,8H,4-5H2,1H3,(H,19,20)(H,21,22)(H,12,14,15)(H2,16,17,18). The van der Waals surface area contributed by atoms with Crippen LogP contribution in [0.4, 0.5) is 4.39 Å². The van der Waals surface area contributed by atoms with E-state index in [2.05, 4.69) is 13.1 Å². The van der Waals surface area contributed by atoms with Gasteiger partial charge in [-0.3, -0.25) is 18.9 Å². The lowest BCUT2D eigenvalue weighted by Crippen LogP contribution is -2.38. The van der Waals surface area contributed by atoms with Crippen LogP contribution in [0.25, 0.3) is 0 Å². The molecule has 5 atom stereocenters. The van der Waals surface area contributed by atoms with E-state index in [0.717, 1.165) is 23.8 Å². The first-order valence-electron chi connectivity index (χ1n) is 7.44. The molecule has 2 heterocycles. The first kappa shape index (κ1) is 24.3. The topological polar surface area (TPSA) is 224 Å². The van der Waals surface area contributed by atoms with E-state index in [-0.39, 0.29) is 0 Å². The Morgan fingerprint density at radius 2 is 1.86 bits per heavy atom. The maximum absolute atomic E-state index is 14.8. The molecule has 1 aliphatic heterocycles. The summed E-state index contributed by atoms with van der Waals surface area (Å²) in [5.74, 6) is 0. The average Bonchev–Trinajstić information content (AvgIpc) is 2.76. The van der Waals surface area contributed by atoms with Gasteiger partial charge in [0.25, 0.3) is 5.56 Å². The van der Waals surface area contributed by atoms with Crippen LogP contribution in [0, 0.1) is 0 Å². The van der Waals surface area contributed by atoms with Crippen molar-refractivity contribution < 1.29 is 55.5 Å². The van der Waals surface area contributed by atoms with Gasteiger partial charge in [-0.1, -0.05) is 0 Å². The van der Waals surface area contributed by atoms with Crippen molar-refractivity contribution in [2.75, 3.05) is 6.61 Å². The molecule has 5 unspecified atom stereocenters. The molecule has 15 nitrogen and oxygen atoms in total. The zero-order chi connectivity index (χ0) is 22.3. The minimum atomic E-state index is -5.69. The van der Waals surface area contributed by atoms with Crippen molar-refractivity contribution >= 4 is 23.5 Å². The molecule has 1 fully saturated rings. The van der Waals surface area contributed by atoms with Crippen LogP contribution in [0.5, 0.6) is 0 Å². The maximum Gasteiger partial charge on any atom is 0.490 e. The monoisotopic (exact) mass is 484 g/mol. The number of nitrogens with zero attached hydrogens (tertiary/aromatic N) is 1. The van der Waals surface area contributed by atoms with Crippen LogP contribution in [0.1, 0.15) is 19.6 Å². The molecule has 29 heavy (non-hydrogen) atoms. The molecule has 0 aliphatic carbocycles. The van der Waals surface area contributed by atoms with Gasteiger partial charge in [-0.2, -0.15) is 8.62 Å². The van der Waals surface area contributed by atoms with Crippen LogP contribution in [0.15, 0.2) is 21.9 Å². The molecule has 2 rings (SSSR count). The van der Waals surface area contributed by atoms with Gasteiger partial charge in [-0.15, -0.1) is 0 Å². The number of H-pyrrole nitrogens is 1. The summed E-state index contributed by atoms with van der Waals surface area (Å²) in [6, 6.07) is 0.945. The van der Waals surface area contributed by atoms with Crippen LogP contribution in [0.3, 0.4) is 0 Å². The van der Waals surface area contributed by atoms with Crippen molar-refractivity contribution in [1.29, 1.82) is 0 Å². The molecule has 19 heteroatoms. The molecule has 1 saturated heterocycles. The Hall–Kier alpha value is -1.02. The molecule has 0 saturated carbocycles. The van der Waals surface area contributed by atoms with E-state index in [1.54, 1.807) is 0 Å². The Bertz CT molecular complexity index is 1010. The number of aromatic amines is 1. The zero-order valence-corrected chi connectivity index (χ0v) is 17.0. The Labute approximate surface area is 160 Å². The maximum atomic E-state index is 14.8. The molecule has 0 amide bonds. The number of ether oxygens (including phenoxy) is 1. The number of aromatic nitrogens is 2. The summed E-state index contributed by atoms with van der Waals surface area (Å²) in [6.07, 6.45) is -2.27. The third-order valence-electron chi connectivity index (χ3n) is 3.41. The highest BCUT2D eigenvalue weighted by molar-refractivity contribution is 7.66. The SMILES string of the molecule is CC1(F)CC(COP(=O)(O)OP(=O)(O)OP(=O)(O)O)OC1n1ccc(=O)[nH]c1=O. The van der Waals surface area contributed by atoms with Crippen LogP contribution >= 0.6 is 23.5 Å². The van der Waals surface area contributed by atoms with E-state index in [9.17, 15) is 32.6 Å². The van der Waals surface area contributed by atoms with Crippen molar-refractivity contribution in [2.24, 2.45) is 0 Å². The molecule has 0 bridgehead atoms. The van der Waals surface area contributed by atoms with Crippen LogP contribution in [0.2, 0.25) is 0 Å². The minimum absolute atomic E-state index is 0.459. The predicted molar refractivity (Wildman–Crippen MR) is 89.2 cm³/mol. The minimum Gasteiger partial charge on any atom is -0.349 e. The van der Waals surface area contributed by atoms with Crippen LogP contribution < -0.4 is 11.2 Å². The highest BCUT2D eigenvalue weighted by Crippen LogP contribution is 2.66. The number of hydrogen-bond acceptors (Lipinski definition) is 9. The molecule has 0 radical (unpaired) electrons. The summed E-state index contributed by atoms with van der Waals surface area (Å²) in [4.78, 5) is 60.1. The van der Waals surface area contributed by atoms with Gasteiger partial charge >= 0.3 is 29.2 Å². The van der Waals surface area contributed by atoms with Crippen molar-refractivity contribution in [1.82, 2.24) is 9.55 Å². The number of phosphoric acid groups is 3. The fourth-order valence-corrected chi connectivity index (χ4v) is 5.51. The highest BCUT2D eigenvalue weighted by atomic mass is 31.3. The summed E-state index contributed by atoms with van der Waals surface area (Å²) >= 11 is 0. The van der Waals surface area contributed by atoms with E-state index in [1.807, 2.05) is 4.98 Å². The third kappa shape index (κ3) is 7.02. The number of phosphoric ester groups is 1. The van der Waals surface area contributed by atoms with Gasteiger partial charge in [0.1, 0.15) is 0 Å². The lowest BCUT2D eigenvalue weighted by atomic mass is 10.0. The fourth-order valence-electron chi connectivity index (χ4n) is 2.46. The first-order valence-corrected chi connectivity index (χ1v) is 12.0. The van der Waals surface area contributed by atoms with E-state index in [0.29, 0.717) is 0 Å². The lowest BCUT2D eigenvalue weighted by molar-refractivity contribution is -0.0604. The van der Waals surface area contributed by atoms with Crippen molar-refractivity contribution in [3.8, 4) is 0 Å². The van der Waals surface area contributed by atoms with Gasteiger partial charge in [-0.05, 0) is 6.92 Å². The molecule has 1 aliphatic rings. The molecule has 0 spiro atoms. The Kier molecular flexibility index (Phi) is 6.90. The van der Waals surface area contributed by atoms with Gasteiger partial charge in [0.2, 0.25) is 0 Å². The van der Waals surface area contributed by atoms with Gasteiger partial charge in [0.15, 0.2) is 11.9 Å². The molecule has 5 N–H and O–H groups in total. The lowest BCUT2D eigenvalue weighted by Gasteiger charge is -2.22. The molecular formula is C10H16FN2O13P3.